The highest BCUT2D eigenvalue weighted by Crippen LogP contribution is 2.36. The Morgan fingerprint density at radius 3 is 2.39 bits per heavy atom. The Morgan fingerprint density at radius 2 is 1.77 bits per heavy atom. The van der Waals surface area contributed by atoms with Crippen LogP contribution in [0.3, 0.4) is 0 Å². The second-order valence-corrected chi connectivity index (χ2v) is 10.4. The fraction of sp³-hybridized carbons (Fsp3) is 0.692. The van der Waals surface area contributed by atoms with Crippen LogP contribution in [-0.4, -0.2) is 36.2 Å². The lowest BCUT2D eigenvalue weighted by molar-refractivity contribution is -0.158. The van der Waals surface area contributed by atoms with Gasteiger partial charge in [-0.2, -0.15) is 0 Å². The summed E-state index contributed by atoms with van der Waals surface area (Å²) in [5, 5.41) is 3.23. The monoisotopic (exact) mass is 429 g/mol. The third-order valence-corrected chi connectivity index (χ3v) is 6.73. The van der Waals surface area contributed by atoms with E-state index in [4.69, 9.17) is 9.47 Å². The normalized spacial score (nSPS) is 26.1. The van der Waals surface area contributed by atoms with Crippen LogP contribution in [0.25, 0.3) is 0 Å². The van der Waals surface area contributed by atoms with Gasteiger partial charge in [-0.1, -0.05) is 58.2 Å². The number of nitrogens with one attached hydrogen (secondary N) is 1. The van der Waals surface area contributed by atoms with Crippen LogP contribution in [0, 0.1) is 11.3 Å². The SMILES string of the molecule is CC(=O)O[C@H](C[C@@H]1C[C@H](NC(=O)c2ccccc2)C[C@H](C(C)(C)C)O1)C1CCCCC1. The Balaban J connectivity index is 1.71. The molecule has 1 N–H and O–H groups in total. The van der Waals surface area contributed by atoms with Crippen LogP contribution in [-0.2, 0) is 14.3 Å². The third kappa shape index (κ3) is 7.06. The molecule has 3 rings (SSSR count). The van der Waals surface area contributed by atoms with Gasteiger partial charge in [-0.3, -0.25) is 9.59 Å². The van der Waals surface area contributed by atoms with Gasteiger partial charge in [0.15, 0.2) is 0 Å². The fourth-order valence-electron chi connectivity index (χ4n) is 5.02. The second-order valence-electron chi connectivity index (χ2n) is 10.4. The number of esters is 1. The van der Waals surface area contributed by atoms with E-state index in [9.17, 15) is 9.59 Å². The average Bonchev–Trinajstić information content (AvgIpc) is 2.73. The number of rotatable bonds is 6. The molecule has 4 atom stereocenters. The molecule has 2 fully saturated rings. The molecule has 0 radical (unpaired) electrons. The van der Waals surface area contributed by atoms with Crippen molar-refractivity contribution in [2.45, 2.75) is 103 Å². The zero-order chi connectivity index (χ0) is 22.4. The van der Waals surface area contributed by atoms with E-state index in [1.807, 2.05) is 30.3 Å². The smallest absolute Gasteiger partial charge is 0.302 e. The van der Waals surface area contributed by atoms with Gasteiger partial charge in [0.2, 0.25) is 0 Å². The van der Waals surface area contributed by atoms with E-state index in [1.165, 1.54) is 26.2 Å². The lowest BCUT2D eigenvalue weighted by atomic mass is 9.79. The van der Waals surface area contributed by atoms with Crippen molar-refractivity contribution in [2.75, 3.05) is 0 Å². The quantitative estimate of drug-likeness (QED) is 0.625. The van der Waals surface area contributed by atoms with Gasteiger partial charge in [0, 0.05) is 24.9 Å². The predicted octanol–water partition coefficient (Wildman–Crippen LogP) is 5.28. The molecule has 1 saturated carbocycles. The first-order chi connectivity index (χ1) is 14.7. The summed E-state index contributed by atoms with van der Waals surface area (Å²) in [5.74, 6) is 0.157. The van der Waals surface area contributed by atoms with Gasteiger partial charge in [-0.25, -0.2) is 0 Å². The van der Waals surface area contributed by atoms with Crippen molar-refractivity contribution in [3.8, 4) is 0 Å². The van der Waals surface area contributed by atoms with E-state index in [0.717, 1.165) is 25.7 Å². The molecule has 0 bridgehead atoms. The summed E-state index contributed by atoms with van der Waals surface area (Å²) in [5.41, 5.74) is 0.647. The first kappa shape index (κ1) is 23.8. The summed E-state index contributed by atoms with van der Waals surface area (Å²) in [6.45, 7) is 8.04. The lowest BCUT2D eigenvalue weighted by Crippen LogP contribution is -2.50. The van der Waals surface area contributed by atoms with Gasteiger partial charge in [0.25, 0.3) is 5.91 Å². The summed E-state index contributed by atoms with van der Waals surface area (Å²) >= 11 is 0. The Hall–Kier alpha value is -1.88. The lowest BCUT2D eigenvalue weighted by Gasteiger charge is -2.43. The molecule has 1 heterocycles. The van der Waals surface area contributed by atoms with Gasteiger partial charge in [-0.15, -0.1) is 0 Å². The van der Waals surface area contributed by atoms with Crippen molar-refractivity contribution in [1.29, 1.82) is 0 Å². The number of amides is 1. The highest BCUT2D eigenvalue weighted by Gasteiger charge is 2.39. The van der Waals surface area contributed by atoms with Gasteiger partial charge in [0.05, 0.1) is 12.2 Å². The molecule has 0 spiro atoms. The number of carbonyl (C=O) groups is 2. The van der Waals surface area contributed by atoms with Crippen LogP contribution in [0.1, 0.15) is 89.4 Å². The van der Waals surface area contributed by atoms with Gasteiger partial charge >= 0.3 is 5.97 Å². The first-order valence-electron chi connectivity index (χ1n) is 11.9. The molecule has 5 nitrogen and oxygen atoms in total. The molecule has 0 aromatic heterocycles. The van der Waals surface area contributed by atoms with Crippen LogP contribution in [0.5, 0.6) is 0 Å². The van der Waals surface area contributed by atoms with E-state index >= 15 is 0 Å². The molecular weight excluding hydrogens is 390 g/mol. The predicted molar refractivity (Wildman–Crippen MR) is 122 cm³/mol. The molecular formula is C26H39NO4. The minimum Gasteiger partial charge on any atom is -0.462 e. The molecule has 31 heavy (non-hydrogen) atoms. The Labute approximate surface area is 187 Å². The Bertz CT molecular complexity index is 721. The molecule has 1 aromatic carbocycles. The van der Waals surface area contributed by atoms with Crippen molar-refractivity contribution in [1.82, 2.24) is 5.32 Å². The topological polar surface area (TPSA) is 64.6 Å². The maximum absolute atomic E-state index is 12.8. The van der Waals surface area contributed by atoms with Crippen LogP contribution < -0.4 is 5.32 Å². The van der Waals surface area contributed by atoms with Crippen molar-refractivity contribution in [3.63, 3.8) is 0 Å². The van der Waals surface area contributed by atoms with Crippen LogP contribution in [0.4, 0.5) is 0 Å². The van der Waals surface area contributed by atoms with Crippen molar-refractivity contribution >= 4 is 11.9 Å². The number of hydrogen-bond donors (Lipinski definition) is 1. The minimum atomic E-state index is -0.215. The van der Waals surface area contributed by atoms with E-state index < -0.39 is 0 Å². The second kappa shape index (κ2) is 10.6. The van der Waals surface area contributed by atoms with Crippen LogP contribution in [0.15, 0.2) is 30.3 Å². The number of carbonyl (C=O) groups excluding carboxylic acids is 2. The van der Waals surface area contributed by atoms with Crippen molar-refractivity contribution in [2.24, 2.45) is 11.3 Å². The van der Waals surface area contributed by atoms with Gasteiger partial charge < -0.3 is 14.8 Å². The highest BCUT2D eigenvalue weighted by atomic mass is 16.5. The maximum atomic E-state index is 12.8. The molecule has 1 aliphatic carbocycles. The van der Waals surface area contributed by atoms with Crippen molar-refractivity contribution in [3.05, 3.63) is 35.9 Å². The van der Waals surface area contributed by atoms with E-state index in [-0.39, 0.29) is 41.6 Å². The van der Waals surface area contributed by atoms with Crippen molar-refractivity contribution < 1.29 is 19.1 Å². The number of hydrogen-bond acceptors (Lipinski definition) is 4. The standard InChI is InChI=1S/C26H39NO4/c1-18(28)30-23(19-11-7-5-8-12-19)17-22-15-21(16-24(31-22)26(2,3)4)27-25(29)20-13-9-6-10-14-20/h6,9-10,13-14,19,21-24H,5,7-8,11-12,15-17H2,1-4H3,(H,27,29)/t21-,22-,23+,24+/m0/s1. The Kier molecular flexibility index (Phi) is 8.15. The molecule has 1 saturated heterocycles. The van der Waals surface area contributed by atoms with Gasteiger partial charge in [-0.05, 0) is 49.1 Å². The summed E-state index contributed by atoms with van der Waals surface area (Å²) in [4.78, 5) is 24.6. The summed E-state index contributed by atoms with van der Waals surface area (Å²) in [7, 11) is 0. The van der Waals surface area contributed by atoms with Crippen LogP contribution in [0.2, 0.25) is 0 Å². The van der Waals surface area contributed by atoms with E-state index in [1.54, 1.807) is 0 Å². The first-order valence-corrected chi connectivity index (χ1v) is 11.9. The molecule has 1 amide bonds. The summed E-state index contributed by atoms with van der Waals surface area (Å²) in [6.07, 6.45) is 8.04. The molecule has 2 aliphatic rings. The largest absolute Gasteiger partial charge is 0.462 e. The van der Waals surface area contributed by atoms with Crippen LogP contribution >= 0.6 is 0 Å². The van der Waals surface area contributed by atoms with E-state index in [2.05, 4.69) is 26.1 Å². The highest BCUT2D eigenvalue weighted by molar-refractivity contribution is 5.94. The fourth-order valence-corrected chi connectivity index (χ4v) is 5.02. The molecule has 5 heteroatoms. The zero-order valence-electron chi connectivity index (χ0n) is 19.6. The molecule has 1 aromatic rings. The summed E-state index contributed by atoms with van der Waals surface area (Å²) < 4.78 is 12.3. The Morgan fingerprint density at radius 1 is 1.10 bits per heavy atom. The molecule has 0 unspecified atom stereocenters. The third-order valence-electron chi connectivity index (χ3n) is 6.73. The number of ether oxygens (including phenoxy) is 2. The number of benzene rings is 1. The van der Waals surface area contributed by atoms with Gasteiger partial charge in [0.1, 0.15) is 6.10 Å². The van der Waals surface area contributed by atoms with E-state index in [0.29, 0.717) is 17.9 Å². The minimum absolute atomic E-state index is 0.0316. The summed E-state index contributed by atoms with van der Waals surface area (Å²) in [6, 6.07) is 9.40. The molecule has 172 valence electrons. The molecule has 1 aliphatic heterocycles. The zero-order valence-corrected chi connectivity index (χ0v) is 19.6. The average molecular weight is 430 g/mol. The maximum Gasteiger partial charge on any atom is 0.302 e.